The minimum absolute atomic E-state index is 0.0216. The molecule has 1 spiro atoms. The summed E-state index contributed by atoms with van der Waals surface area (Å²) in [6.07, 6.45) is 2.43. The molecule has 3 heteroatoms. The number of anilines is 1. The predicted molar refractivity (Wildman–Crippen MR) is 69.9 cm³/mol. The van der Waals surface area contributed by atoms with Crippen molar-refractivity contribution in [3.63, 3.8) is 0 Å². The van der Waals surface area contributed by atoms with Crippen LogP contribution in [0.1, 0.15) is 24.8 Å². The molecule has 0 aromatic heterocycles. The zero-order valence-electron chi connectivity index (χ0n) is 9.95. The first-order valence-corrected chi connectivity index (χ1v) is 6.53. The van der Waals surface area contributed by atoms with Gasteiger partial charge in [0.1, 0.15) is 0 Å². The molecular weight excluding hydrogens is 234 g/mol. The van der Waals surface area contributed by atoms with Gasteiger partial charge in [-0.2, -0.15) is 0 Å². The molecule has 0 saturated heterocycles. The van der Waals surface area contributed by atoms with Gasteiger partial charge in [-0.05, 0) is 24.5 Å². The first-order chi connectivity index (χ1) is 8.12. The molecule has 1 heterocycles. The summed E-state index contributed by atoms with van der Waals surface area (Å²) in [7, 11) is 2.10. The first-order valence-electron chi connectivity index (χ1n) is 6.10. The summed E-state index contributed by atoms with van der Waals surface area (Å²) < 4.78 is 0. The first kappa shape index (κ1) is 11.1. The van der Waals surface area contributed by atoms with Crippen LogP contribution in [0.15, 0.2) is 24.3 Å². The summed E-state index contributed by atoms with van der Waals surface area (Å²) >= 11 is 6.03. The maximum Gasteiger partial charge on any atom is 0.151 e. The number of hydrogen-bond donors (Lipinski definition) is 0. The predicted octanol–water partition coefficient (Wildman–Crippen LogP) is 2.73. The van der Waals surface area contributed by atoms with Gasteiger partial charge in [0.05, 0.1) is 5.38 Å². The molecule has 1 aromatic rings. The fraction of sp³-hybridized carbons (Fsp3) is 0.500. The molecule has 1 fully saturated rings. The number of rotatable bonds is 0. The van der Waals surface area contributed by atoms with E-state index < -0.39 is 0 Å². The SMILES string of the molecule is CN1CC2(CCC(Cl)C(=O)C2)c2ccccc21. The van der Waals surface area contributed by atoms with Gasteiger partial charge in [-0.3, -0.25) is 4.79 Å². The van der Waals surface area contributed by atoms with Gasteiger partial charge in [0.25, 0.3) is 0 Å². The van der Waals surface area contributed by atoms with Crippen molar-refractivity contribution in [3.05, 3.63) is 29.8 Å². The zero-order valence-corrected chi connectivity index (χ0v) is 10.7. The number of nitrogens with zero attached hydrogens (tertiary/aromatic N) is 1. The van der Waals surface area contributed by atoms with Crippen LogP contribution in [0.5, 0.6) is 0 Å². The van der Waals surface area contributed by atoms with E-state index in [1.54, 1.807) is 0 Å². The normalized spacial score (nSPS) is 32.0. The Balaban J connectivity index is 2.03. The monoisotopic (exact) mass is 249 g/mol. The minimum atomic E-state index is -0.265. The molecule has 2 atom stereocenters. The summed E-state index contributed by atoms with van der Waals surface area (Å²) in [6.45, 7) is 0.946. The van der Waals surface area contributed by atoms with Gasteiger partial charge in [-0.15, -0.1) is 11.6 Å². The molecule has 17 heavy (non-hydrogen) atoms. The van der Waals surface area contributed by atoms with Gasteiger partial charge in [0.15, 0.2) is 5.78 Å². The Bertz CT molecular complexity index is 473. The van der Waals surface area contributed by atoms with E-state index in [-0.39, 0.29) is 16.6 Å². The van der Waals surface area contributed by atoms with Crippen LogP contribution in [0.2, 0.25) is 0 Å². The highest BCUT2D eigenvalue weighted by Gasteiger charge is 2.46. The maximum absolute atomic E-state index is 11.9. The zero-order chi connectivity index (χ0) is 12.0. The van der Waals surface area contributed by atoms with Crippen molar-refractivity contribution in [1.82, 2.24) is 0 Å². The second-order valence-electron chi connectivity index (χ2n) is 5.30. The van der Waals surface area contributed by atoms with E-state index >= 15 is 0 Å². The highest BCUT2D eigenvalue weighted by molar-refractivity contribution is 6.31. The van der Waals surface area contributed by atoms with Gasteiger partial charge < -0.3 is 4.90 Å². The summed E-state index contributed by atoms with van der Waals surface area (Å²) in [5.41, 5.74) is 2.63. The summed E-state index contributed by atoms with van der Waals surface area (Å²) in [6, 6.07) is 8.43. The van der Waals surface area contributed by atoms with Gasteiger partial charge in [0, 0.05) is 31.1 Å². The van der Waals surface area contributed by atoms with Crippen LogP contribution in [0.4, 0.5) is 5.69 Å². The second kappa shape index (κ2) is 3.74. The van der Waals surface area contributed by atoms with E-state index in [0.29, 0.717) is 6.42 Å². The topological polar surface area (TPSA) is 20.3 Å². The Labute approximate surface area is 107 Å². The highest BCUT2D eigenvalue weighted by atomic mass is 35.5. The Kier molecular flexibility index (Phi) is 2.44. The van der Waals surface area contributed by atoms with Crippen molar-refractivity contribution >= 4 is 23.1 Å². The lowest BCUT2D eigenvalue weighted by molar-refractivity contribution is -0.121. The van der Waals surface area contributed by atoms with Gasteiger partial charge in [0.2, 0.25) is 0 Å². The molecule has 2 aliphatic rings. The van der Waals surface area contributed by atoms with Crippen molar-refractivity contribution in [1.29, 1.82) is 0 Å². The highest BCUT2D eigenvalue weighted by Crippen LogP contribution is 2.48. The Morgan fingerprint density at radius 1 is 1.41 bits per heavy atom. The number of likely N-dealkylation sites (N-methyl/N-ethyl adjacent to an activating group) is 1. The third-order valence-electron chi connectivity index (χ3n) is 4.16. The van der Waals surface area contributed by atoms with E-state index in [4.69, 9.17) is 11.6 Å². The van der Waals surface area contributed by atoms with E-state index in [9.17, 15) is 4.79 Å². The molecule has 1 aliphatic carbocycles. The smallest absolute Gasteiger partial charge is 0.151 e. The largest absolute Gasteiger partial charge is 0.373 e. The van der Waals surface area contributed by atoms with Crippen molar-refractivity contribution in [2.45, 2.75) is 30.1 Å². The van der Waals surface area contributed by atoms with Crippen LogP contribution in [0.25, 0.3) is 0 Å². The second-order valence-corrected chi connectivity index (χ2v) is 5.83. The number of carbonyl (C=O) groups is 1. The number of fused-ring (bicyclic) bond motifs is 2. The van der Waals surface area contributed by atoms with Gasteiger partial charge >= 0.3 is 0 Å². The molecule has 2 unspecified atom stereocenters. The average Bonchev–Trinajstić information content (AvgIpc) is 2.59. The molecule has 0 radical (unpaired) electrons. The molecule has 1 saturated carbocycles. The molecule has 2 nitrogen and oxygen atoms in total. The lowest BCUT2D eigenvalue weighted by Crippen LogP contribution is -2.41. The molecular formula is C14H16ClNO. The number of Topliss-reactive ketones (excluding diaryl/α,β-unsaturated/α-hetero) is 1. The van der Waals surface area contributed by atoms with Crippen LogP contribution < -0.4 is 4.90 Å². The fourth-order valence-corrected chi connectivity index (χ4v) is 3.53. The summed E-state index contributed by atoms with van der Waals surface area (Å²) in [5, 5.41) is -0.265. The minimum Gasteiger partial charge on any atom is -0.373 e. The van der Waals surface area contributed by atoms with Crippen LogP contribution in [0, 0.1) is 0 Å². The summed E-state index contributed by atoms with van der Waals surface area (Å²) in [5.74, 6) is 0.211. The van der Waals surface area contributed by atoms with Crippen LogP contribution in [-0.4, -0.2) is 24.8 Å². The van der Waals surface area contributed by atoms with Crippen molar-refractivity contribution < 1.29 is 4.79 Å². The fourth-order valence-electron chi connectivity index (χ4n) is 3.34. The molecule has 90 valence electrons. The molecule has 0 N–H and O–H groups in total. The average molecular weight is 250 g/mol. The molecule has 1 aromatic carbocycles. The molecule has 3 rings (SSSR count). The van der Waals surface area contributed by atoms with Gasteiger partial charge in [-0.25, -0.2) is 0 Å². The van der Waals surface area contributed by atoms with Crippen LogP contribution in [0.3, 0.4) is 0 Å². The van der Waals surface area contributed by atoms with E-state index in [1.807, 2.05) is 0 Å². The van der Waals surface area contributed by atoms with Crippen molar-refractivity contribution in [3.8, 4) is 0 Å². The Morgan fingerprint density at radius 3 is 2.94 bits per heavy atom. The number of para-hydroxylation sites is 1. The molecule has 0 bridgehead atoms. The maximum atomic E-state index is 11.9. The third-order valence-corrected chi connectivity index (χ3v) is 4.63. The van der Waals surface area contributed by atoms with E-state index in [0.717, 1.165) is 19.4 Å². The van der Waals surface area contributed by atoms with Crippen LogP contribution >= 0.6 is 11.6 Å². The van der Waals surface area contributed by atoms with Crippen molar-refractivity contribution in [2.75, 3.05) is 18.5 Å². The molecule has 1 aliphatic heterocycles. The van der Waals surface area contributed by atoms with Gasteiger partial charge in [-0.1, -0.05) is 18.2 Å². The standard InChI is InChI=1S/C14H16ClNO/c1-16-9-14(7-6-11(15)13(17)8-14)10-4-2-3-5-12(10)16/h2-5,11H,6-9H2,1H3. The van der Waals surface area contributed by atoms with Crippen molar-refractivity contribution in [2.24, 2.45) is 0 Å². The number of ketones is 1. The molecule has 0 amide bonds. The lowest BCUT2D eigenvalue weighted by atomic mass is 9.70. The number of alkyl halides is 1. The Morgan fingerprint density at radius 2 is 2.18 bits per heavy atom. The number of hydrogen-bond acceptors (Lipinski definition) is 2. The quantitative estimate of drug-likeness (QED) is 0.659. The Hall–Kier alpha value is -1.02. The number of halogens is 1. The van der Waals surface area contributed by atoms with E-state index in [2.05, 4.69) is 36.2 Å². The number of carbonyl (C=O) groups excluding carboxylic acids is 1. The van der Waals surface area contributed by atoms with Crippen LogP contribution in [-0.2, 0) is 10.2 Å². The number of benzene rings is 1. The third kappa shape index (κ3) is 1.58. The summed E-state index contributed by atoms with van der Waals surface area (Å²) in [4.78, 5) is 14.2. The lowest BCUT2D eigenvalue weighted by Gasteiger charge is -2.35. The van der Waals surface area contributed by atoms with E-state index in [1.165, 1.54) is 11.3 Å².